The summed E-state index contributed by atoms with van der Waals surface area (Å²) in [5.41, 5.74) is 0.890. The fourth-order valence-corrected chi connectivity index (χ4v) is 3.45. The van der Waals surface area contributed by atoms with Crippen LogP contribution in [0.25, 0.3) is 0 Å². The molecule has 1 aliphatic carbocycles. The SMILES string of the molecule is CC(C)N1CCO[C@@H](CC(=O)NC2(c3cccc(Cl)c3)CC2)C1. The Kier molecular flexibility index (Phi) is 4.95. The van der Waals surface area contributed by atoms with E-state index >= 15 is 0 Å². The molecule has 1 aliphatic heterocycles. The molecule has 4 nitrogen and oxygen atoms in total. The van der Waals surface area contributed by atoms with Crippen molar-refractivity contribution in [2.75, 3.05) is 19.7 Å². The highest BCUT2D eigenvalue weighted by Gasteiger charge is 2.45. The monoisotopic (exact) mass is 336 g/mol. The Hall–Kier alpha value is -1.10. The molecule has 1 aromatic rings. The molecule has 0 bridgehead atoms. The van der Waals surface area contributed by atoms with Crippen molar-refractivity contribution in [1.29, 1.82) is 0 Å². The van der Waals surface area contributed by atoms with E-state index in [2.05, 4.69) is 24.1 Å². The highest BCUT2D eigenvalue weighted by atomic mass is 35.5. The topological polar surface area (TPSA) is 41.6 Å². The lowest BCUT2D eigenvalue weighted by Crippen LogP contribution is -2.47. The van der Waals surface area contributed by atoms with Gasteiger partial charge in [0.25, 0.3) is 0 Å². The molecular formula is C18H25ClN2O2. The lowest BCUT2D eigenvalue weighted by Gasteiger charge is -2.35. The summed E-state index contributed by atoms with van der Waals surface area (Å²) in [6.45, 7) is 6.84. The maximum absolute atomic E-state index is 12.5. The van der Waals surface area contributed by atoms with Crippen LogP contribution >= 0.6 is 11.6 Å². The van der Waals surface area contributed by atoms with E-state index in [4.69, 9.17) is 16.3 Å². The van der Waals surface area contributed by atoms with Crippen molar-refractivity contribution in [2.24, 2.45) is 0 Å². The number of carbonyl (C=O) groups is 1. The van der Waals surface area contributed by atoms with E-state index in [1.165, 1.54) is 0 Å². The van der Waals surface area contributed by atoms with Crippen LogP contribution in [0.3, 0.4) is 0 Å². The molecule has 23 heavy (non-hydrogen) atoms. The second kappa shape index (κ2) is 6.80. The summed E-state index contributed by atoms with van der Waals surface area (Å²) >= 11 is 6.08. The fraction of sp³-hybridized carbons (Fsp3) is 0.611. The van der Waals surface area contributed by atoms with E-state index in [1.54, 1.807) is 0 Å². The number of benzene rings is 1. The van der Waals surface area contributed by atoms with Crippen molar-refractivity contribution in [1.82, 2.24) is 10.2 Å². The molecule has 0 unspecified atom stereocenters. The smallest absolute Gasteiger partial charge is 0.223 e. The van der Waals surface area contributed by atoms with Crippen LogP contribution in [0, 0.1) is 0 Å². The van der Waals surface area contributed by atoms with Crippen molar-refractivity contribution >= 4 is 17.5 Å². The molecule has 1 atom stereocenters. The van der Waals surface area contributed by atoms with Gasteiger partial charge in [0.15, 0.2) is 0 Å². The molecule has 0 spiro atoms. The molecule has 1 aromatic carbocycles. The predicted molar refractivity (Wildman–Crippen MR) is 91.6 cm³/mol. The van der Waals surface area contributed by atoms with E-state index in [1.807, 2.05) is 24.3 Å². The third-order valence-corrected chi connectivity index (χ3v) is 5.05. The first kappa shape index (κ1) is 16.7. The van der Waals surface area contributed by atoms with Gasteiger partial charge in [0.1, 0.15) is 0 Å². The van der Waals surface area contributed by atoms with Gasteiger partial charge in [-0.3, -0.25) is 9.69 Å². The normalized spacial score (nSPS) is 23.7. The molecule has 0 radical (unpaired) electrons. The molecular weight excluding hydrogens is 312 g/mol. The number of nitrogens with one attached hydrogen (secondary N) is 1. The van der Waals surface area contributed by atoms with Crippen LogP contribution in [-0.2, 0) is 15.1 Å². The minimum atomic E-state index is -0.214. The maximum Gasteiger partial charge on any atom is 0.223 e. The van der Waals surface area contributed by atoms with Crippen LogP contribution < -0.4 is 5.32 Å². The van der Waals surface area contributed by atoms with Crippen LogP contribution in [0.5, 0.6) is 0 Å². The van der Waals surface area contributed by atoms with Crippen LogP contribution in [0.1, 0.15) is 38.7 Å². The maximum atomic E-state index is 12.5. The van der Waals surface area contributed by atoms with Gasteiger partial charge >= 0.3 is 0 Å². The first-order valence-electron chi connectivity index (χ1n) is 8.41. The molecule has 1 amide bonds. The minimum absolute atomic E-state index is 0.0127. The summed E-state index contributed by atoms with van der Waals surface area (Å²) < 4.78 is 5.77. The Balaban J connectivity index is 1.57. The minimum Gasteiger partial charge on any atom is -0.375 e. The molecule has 3 rings (SSSR count). The van der Waals surface area contributed by atoms with Gasteiger partial charge in [-0.05, 0) is 44.4 Å². The zero-order chi connectivity index (χ0) is 16.4. The lowest BCUT2D eigenvalue weighted by molar-refractivity contribution is -0.127. The first-order valence-corrected chi connectivity index (χ1v) is 8.79. The average Bonchev–Trinajstić information content (AvgIpc) is 3.28. The van der Waals surface area contributed by atoms with Gasteiger partial charge in [0.05, 0.1) is 24.7 Å². The fourth-order valence-electron chi connectivity index (χ4n) is 3.26. The molecule has 1 saturated heterocycles. The number of rotatable bonds is 5. The van der Waals surface area contributed by atoms with E-state index in [0.717, 1.165) is 31.5 Å². The van der Waals surface area contributed by atoms with Crippen molar-refractivity contribution in [3.05, 3.63) is 34.9 Å². The number of nitrogens with zero attached hydrogens (tertiary/aromatic N) is 1. The standard InChI is InChI=1S/C18H25ClN2O2/c1-13(2)21-8-9-23-16(12-21)11-17(22)20-18(6-7-18)14-4-3-5-15(19)10-14/h3-5,10,13,16H,6-9,11-12H2,1-2H3,(H,20,22)/t16-/m0/s1. The predicted octanol–water partition coefficient (Wildman–Crippen LogP) is 2.94. The lowest BCUT2D eigenvalue weighted by atomic mass is 10.0. The largest absolute Gasteiger partial charge is 0.375 e. The van der Waals surface area contributed by atoms with Gasteiger partial charge in [-0.2, -0.15) is 0 Å². The van der Waals surface area contributed by atoms with Gasteiger partial charge in [-0.25, -0.2) is 0 Å². The van der Waals surface area contributed by atoms with Crippen LogP contribution in [0.15, 0.2) is 24.3 Å². The van der Waals surface area contributed by atoms with Gasteiger partial charge in [0, 0.05) is 24.2 Å². The van der Waals surface area contributed by atoms with Crippen LogP contribution in [0.2, 0.25) is 5.02 Å². The second-order valence-corrected chi connectivity index (χ2v) is 7.36. The van der Waals surface area contributed by atoms with Gasteiger partial charge in [-0.1, -0.05) is 23.7 Å². The van der Waals surface area contributed by atoms with E-state index in [9.17, 15) is 4.79 Å². The van der Waals surface area contributed by atoms with E-state index < -0.39 is 0 Å². The number of ether oxygens (including phenoxy) is 1. The Morgan fingerprint density at radius 1 is 1.48 bits per heavy atom. The number of morpholine rings is 1. The molecule has 5 heteroatoms. The van der Waals surface area contributed by atoms with E-state index in [0.29, 0.717) is 24.1 Å². The number of halogens is 1. The number of hydrogen-bond donors (Lipinski definition) is 1. The summed E-state index contributed by atoms with van der Waals surface area (Å²) in [7, 11) is 0. The summed E-state index contributed by atoms with van der Waals surface area (Å²) in [6.07, 6.45) is 2.36. The average molecular weight is 337 g/mol. The summed E-state index contributed by atoms with van der Waals surface area (Å²) in [5.74, 6) is 0.0677. The molecule has 1 heterocycles. The second-order valence-electron chi connectivity index (χ2n) is 6.93. The number of carbonyl (C=O) groups excluding carboxylic acids is 1. The summed E-state index contributed by atoms with van der Waals surface area (Å²) in [6, 6.07) is 8.28. The van der Waals surface area contributed by atoms with Crippen molar-refractivity contribution in [3.8, 4) is 0 Å². The third-order valence-electron chi connectivity index (χ3n) is 4.82. The molecule has 126 valence electrons. The first-order chi connectivity index (χ1) is 11.0. The van der Waals surface area contributed by atoms with E-state index in [-0.39, 0.29) is 17.6 Å². The van der Waals surface area contributed by atoms with Gasteiger partial charge in [-0.15, -0.1) is 0 Å². The zero-order valence-electron chi connectivity index (χ0n) is 13.8. The quantitative estimate of drug-likeness (QED) is 0.899. The van der Waals surface area contributed by atoms with Crippen LogP contribution in [-0.4, -0.2) is 42.6 Å². The molecule has 2 aliphatic rings. The Morgan fingerprint density at radius 3 is 2.91 bits per heavy atom. The molecule has 1 saturated carbocycles. The van der Waals surface area contributed by atoms with Gasteiger partial charge < -0.3 is 10.1 Å². The Morgan fingerprint density at radius 2 is 2.26 bits per heavy atom. The molecule has 2 fully saturated rings. The van der Waals surface area contributed by atoms with Crippen molar-refractivity contribution in [3.63, 3.8) is 0 Å². The van der Waals surface area contributed by atoms with Crippen LogP contribution in [0.4, 0.5) is 0 Å². The number of hydrogen-bond acceptors (Lipinski definition) is 3. The highest BCUT2D eigenvalue weighted by molar-refractivity contribution is 6.30. The Labute approximate surface area is 143 Å². The highest BCUT2D eigenvalue weighted by Crippen LogP contribution is 2.46. The van der Waals surface area contributed by atoms with Crippen molar-refractivity contribution in [2.45, 2.75) is 50.8 Å². The Bertz CT molecular complexity index is 572. The third kappa shape index (κ3) is 4.06. The number of amides is 1. The summed E-state index contributed by atoms with van der Waals surface area (Å²) in [5, 5.41) is 3.92. The molecule has 1 N–H and O–H groups in total. The zero-order valence-corrected chi connectivity index (χ0v) is 14.6. The van der Waals surface area contributed by atoms with Crippen molar-refractivity contribution < 1.29 is 9.53 Å². The van der Waals surface area contributed by atoms with Gasteiger partial charge in [0.2, 0.25) is 5.91 Å². The summed E-state index contributed by atoms with van der Waals surface area (Å²) in [4.78, 5) is 14.8. The molecule has 0 aromatic heterocycles.